The van der Waals surface area contributed by atoms with Crippen LogP contribution in [0.1, 0.15) is 36.2 Å². The average Bonchev–Trinajstić information content (AvgIpc) is 2.39. The second-order valence-electron chi connectivity index (χ2n) is 4.13. The number of aryl methyl sites for hydroxylation is 1. The van der Waals surface area contributed by atoms with Crippen molar-refractivity contribution in [3.63, 3.8) is 0 Å². The smallest absolute Gasteiger partial charge is 0.347 e. The van der Waals surface area contributed by atoms with Crippen LogP contribution < -0.4 is 5.73 Å². The molecule has 1 aromatic carbocycles. The number of esters is 2. The van der Waals surface area contributed by atoms with E-state index in [1.165, 1.54) is 0 Å². The summed E-state index contributed by atoms with van der Waals surface area (Å²) in [5.41, 5.74) is 7.44. The van der Waals surface area contributed by atoms with Gasteiger partial charge in [-0.25, -0.2) is 9.59 Å². The lowest BCUT2D eigenvalue weighted by Crippen LogP contribution is -2.28. The Morgan fingerprint density at radius 2 is 2.00 bits per heavy atom. The molecule has 1 unspecified atom stereocenters. The topological polar surface area (TPSA) is 78.6 Å². The zero-order chi connectivity index (χ0) is 14.4. The van der Waals surface area contributed by atoms with E-state index in [4.69, 9.17) is 15.2 Å². The van der Waals surface area contributed by atoms with Crippen molar-refractivity contribution < 1.29 is 19.1 Å². The number of carbonyl (C=O) groups is 2. The number of rotatable bonds is 5. The Balaban J connectivity index is 2.77. The molecule has 5 nitrogen and oxygen atoms in total. The van der Waals surface area contributed by atoms with Gasteiger partial charge < -0.3 is 15.2 Å². The molecular formula is C14H19NO4. The van der Waals surface area contributed by atoms with Crippen molar-refractivity contribution in [3.05, 3.63) is 29.3 Å². The van der Waals surface area contributed by atoms with E-state index in [1.54, 1.807) is 39.0 Å². The van der Waals surface area contributed by atoms with Gasteiger partial charge in [0.15, 0.2) is 6.10 Å². The number of benzene rings is 1. The summed E-state index contributed by atoms with van der Waals surface area (Å²) in [6.45, 7) is 5.52. The molecule has 0 saturated carbocycles. The highest BCUT2D eigenvalue weighted by atomic mass is 16.6. The van der Waals surface area contributed by atoms with E-state index < -0.39 is 18.0 Å². The van der Waals surface area contributed by atoms with Crippen LogP contribution in [0, 0.1) is 6.92 Å². The maximum atomic E-state index is 11.9. The molecule has 0 radical (unpaired) electrons. The minimum Gasteiger partial charge on any atom is -0.463 e. The van der Waals surface area contributed by atoms with Crippen LogP contribution in [0.5, 0.6) is 0 Å². The van der Waals surface area contributed by atoms with Crippen molar-refractivity contribution in [2.75, 3.05) is 12.3 Å². The van der Waals surface area contributed by atoms with Crippen molar-refractivity contribution in [3.8, 4) is 0 Å². The van der Waals surface area contributed by atoms with Gasteiger partial charge in [0, 0.05) is 5.69 Å². The van der Waals surface area contributed by atoms with Crippen molar-refractivity contribution in [1.82, 2.24) is 0 Å². The third-order valence-electron chi connectivity index (χ3n) is 2.68. The van der Waals surface area contributed by atoms with Gasteiger partial charge in [-0.05, 0) is 44.0 Å². The Morgan fingerprint density at radius 1 is 1.32 bits per heavy atom. The Morgan fingerprint density at radius 3 is 2.53 bits per heavy atom. The fourth-order valence-corrected chi connectivity index (χ4v) is 1.53. The van der Waals surface area contributed by atoms with E-state index in [0.717, 1.165) is 5.56 Å². The summed E-state index contributed by atoms with van der Waals surface area (Å²) in [7, 11) is 0. The number of hydrogen-bond acceptors (Lipinski definition) is 5. The summed E-state index contributed by atoms with van der Waals surface area (Å²) in [5.74, 6) is -1.08. The van der Waals surface area contributed by atoms with Gasteiger partial charge in [0.05, 0.1) is 12.2 Å². The molecule has 0 fully saturated rings. The van der Waals surface area contributed by atoms with Gasteiger partial charge in [0.1, 0.15) is 0 Å². The summed E-state index contributed by atoms with van der Waals surface area (Å²) < 4.78 is 9.98. The SMILES string of the molecule is CCOC(=O)C(CC)OC(=O)c1ccc(N)c(C)c1. The molecule has 19 heavy (non-hydrogen) atoms. The summed E-state index contributed by atoms with van der Waals surface area (Å²) >= 11 is 0. The van der Waals surface area contributed by atoms with Gasteiger partial charge in [-0.2, -0.15) is 0 Å². The van der Waals surface area contributed by atoms with Crippen LogP contribution in [0.25, 0.3) is 0 Å². The quantitative estimate of drug-likeness (QED) is 0.651. The van der Waals surface area contributed by atoms with E-state index in [0.29, 0.717) is 17.7 Å². The number of carbonyl (C=O) groups excluding carboxylic acids is 2. The van der Waals surface area contributed by atoms with E-state index in [1.807, 2.05) is 0 Å². The number of ether oxygens (including phenoxy) is 2. The number of nitrogens with two attached hydrogens (primary N) is 1. The zero-order valence-corrected chi connectivity index (χ0v) is 11.4. The Bertz CT molecular complexity index is 471. The lowest BCUT2D eigenvalue weighted by molar-refractivity contribution is -0.153. The van der Waals surface area contributed by atoms with Crippen LogP contribution in [0.3, 0.4) is 0 Å². The van der Waals surface area contributed by atoms with Gasteiger partial charge in [0.2, 0.25) is 0 Å². The summed E-state index contributed by atoms with van der Waals surface area (Å²) in [6, 6.07) is 4.84. The summed E-state index contributed by atoms with van der Waals surface area (Å²) in [4.78, 5) is 23.5. The molecular weight excluding hydrogens is 246 g/mol. The van der Waals surface area contributed by atoms with Gasteiger partial charge in [0.25, 0.3) is 0 Å². The fraction of sp³-hybridized carbons (Fsp3) is 0.429. The first-order chi connectivity index (χ1) is 8.99. The average molecular weight is 265 g/mol. The highest BCUT2D eigenvalue weighted by Gasteiger charge is 2.23. The normalized spacial score (nSPS) is 11.7. The molecule has 2 N–H and O–H groups in total. The van der Waals surface area contributed by atoms with E-state index in [-0.39, 0.29) is 6.61 Å². The van der Waals surface area contributed by atoms with Crippen molar-refractivity contribution >= 4 is 17.6 Å². The second kappa shape index (κ2) is 6.78. The highest BCUT2D eigenvalue weighted by Crippen LogP contribution is 2.15. The van der Waals surface area contributed by atoms with E-state index >= 15 is 0 Å². The minimum absolute atomic E-state index is 0.258. The van der Waals surface area contributed by atoms with Crippen molar-refractivity contribution in [2.24, 2.45) is 0 Å². The first kappa shape index (κ1) is 15.0. The summed E-state index contributed by atoms with van der Waals surface area (Å²) in [5, 5.41) is 0. The molecule has 1 aromatic rings. The van der Waals surface area contributed by atoms with Crippen molar-refractivity contribution in [2.45, 2.75) is 33.3 Å². The van der Waals surface area contributed by atoms with Crippen LogP contribution in [0.2, 0.25) is 0 Å². The first-order valence-electron chi connectivity index (χ1n) is 6.23. The molecule has 1 rings (SSSR count). The molecule has 0 saturated heterocycles. The predicted octanol–water partition coefficient (Wildman–Crippen LogP) is 2.08. The standard InChI is InChI=1S/C14H19NO4/c1-4-12(14(17)18-5-2)19-13(16)10-6-7-11(15)9(3)8-10/h6-8,12H,4-5,15H2,1-3H3. The van der Waals surface area contributed by atoms with E-state index in [9.17, 15) is 9.59 Å². The largest absolute Gasteiger partial charge is 0.463 e. The fourth-order valence-electron chi connectivity index (χ4n) is 1.53. The molecule has 0 spiro atoms. The molecule has 0 bridgehead atoms. The molecule has 0 heterocycles. The van der Waals surface area contributed by atoms with E-state index in [2.05, 4.69) is 0 Å². The Labute approximate surface area is 112 Å². The zero-order valence-electron chi connectivity index (χ0n) is 11.4. The van der Waals surface area contributed by atoms with Crippen LogP contribution in [0.4, 0.5) is 5.69 Å². The number of hydrogen-bond donors (Lipinski definition) is 1. The van der Waals surface area contributed by atoms with Crippen molar-refractivity contribution in [1.29, 1.82) is 0 Å². The maximum absolute atomic E-state index is 11.9. The lowest BCUT2D eigenvalue weighted by atomic mass is 10.1. The molecule has 104 valence electrons. The van der Waals surface area contributed by atoms with Gasteiger partial charge in [-0.15, -0.1) is 0 Å². The second-order valence-corrected chi connectivity index (χ2v) is 4.13. The lowest BCUT2D eigenvalue weighted by Gasteiger charge is -2.15. The molecule has 0 aliphatic heterocycles. The highest BCUT2D eigenvalue weighted by molar-refractivity contribution is 5.92. The molecule has 0 aromatic heterocycles. The molecule has 5 heteroatoms. The van der Waals surface area contributed by atoms with Crippen LogP contribution in [-0.4, -0.2) is 24.6 Å². The Kier molecular flexibility index (Phi) is 5.36. The first-order valence-corrected chi connectivity index (χ1v) is 6.23. The third kappa shape index (κ3) is 3.98. The molecule has 1 atom stereocenters. The molecule has 0 amide bonds. The van der Waals surface area contributed by atoms with Gasteiger partial charge in [-0.3, -0.25) is 0 Å². The monoisotopic (exact) mass is 265 g/mol. The van der Waals surface area contributed by atoms with Crippen LogP contribution >= 0.6 is 0 Å². The van der Waals surface area contributed by atoms with Gasteiger partial charge in [-0.1, -0.05) is 6.92 Å². The number of nitrogen functional groups attached to an aromatic ring is 1. The Hall–Kier alpha value is -2.04. The predicted molar refractivity (Wildman–Crippen MR) is 71.7 cm³/mol. The maximum Gasteiger partial charge on any atom is 0.347 e. The van der Waals surface area contributed by atoms with Crippen LogP contribution in [-0.2, 0) is 14.3 Å². The minimum atomic E-state index is -0.870. The third-order valence-corrected chi connectivity index (χ3v) is 2.68. The number of anilines is 1. The van der Waals surface area contributed by atoms with Crippen LogP contribution in [0.15, 0.2) is 18.2 Å². The molecule has 0 aliphatic carbocycles. The summed E-state index contributed by atoms with van der Waals surface area (Å²) in [6.07, 6.45) is -0.497. The molecule has 0 aliphatic rings. The van der Waals surface area contributed by atoms with Gasteiger partial charge >= 0.3 is 11.9 Å².